The predicted octanol–water partition coefficient (Wildman–Crippen LogP) is -0.219. The maximum absolute atomic E-state index is 12.1. The van der Waals surface area contributed by atoms with Crippen molar-refractivity contribution in [1.29, 1.82) is 0 Å². The molecule has 1 fully saturated rings. The minimum Gasteiger partial charge on any atom is -0.387 e. The molecular formula is C19H23N4O8PS. The topological polar surface area (TPSA) is 185 Å². The molecule has 14 heteroatoms. The Morgan fingerprint density at radius 3 is 2.45 bits per heavy atom. The van der Waals surface area contributed by atoms with Crippen LogP contribution in [0, 0.1) is 0 Å². The van der Waals surface area contributed by atoms with Gasteiger partial charge in [-0.2, -0.15) is 0 Å². The SMILES string of the molecule is O=P(O)(O)CS(=O)(=O)C[C@H]1O[C@@H](n2cnc3c(CCc4ccccc4)ncnc32)[C@H](O)[C@@H]1O. The Morgan fingerprint density at radius 2 is 1.76 bits per heavy atom. The number of hydrogen-bond acceptors (Lipinski definition) is 9. The summed E-state index contributed by atoms with van der Waals surface area (Å²) in [7, 11) is -9.09. The highest BCUT2D eigenvalue weighted by Crippen LogP contribution is 2.38. The second-order valence-electron chi connectivity index (χ2n) is 7.88. The summed E-state index contributed by atoms with van der Waals surface area (Å²) >= 11 is 0. The first-order valence-electron chi connectivity index (χ1n) is 10.0. The predicted molar refractivity (Wildman–Crippen MR) is 116 cm³/mol. The molecule has 4 atom stereocenters. The van der Waals surface area contributed by atoms with Gasteiger partial charge in [-0.3, -0.25) is 9.13 Å². The van der Waals surface area contributed by atoms with Crippen LogP contribution < -0.4 is 0 Å². The molecule has 4 rings (SSSR count). The maximum atomic E-state index is 12.1. The monoisotopic (exact) mass is 498 g/mol. The van der Waals surface area contributed by atoms with Gasteiger partial charge in [0.25, 0.3) is 0 Å². The van der Waals surface area contributed by atoms with E-state index in [1.807, 2.05) is 30.3 Å². The fraction of sp³-hybridized carbons (Fsp3) is 0.421. The molecule has 1 aliphatic rings. The van der Waals surface area contributed by atoms with E-state index in [-0.39, 0.29) is 0 Å². The second kappa shape index (κ2) is 9.18. The fourth-order valence-corrected chi connectivity index (χ4v) is 7.08. The summed E-state index contributed by atoms with van der Waals surface area (Å²) in [5.74, 6) is -0.864. The summed E-state index contributed by atoms with van der Waals surface area (Å²) in [4.78, 5) is 30.8. The number of aromatic nitrogens is 4. The first-order chi connectivity index (χ1) is 15.5. The maximum Gasteiger partial charge on any atom is 0.340 e. The molecule has 3 heterocycles. The summed E-state index contributed by atoms with van der Waals surface area (Å²) in [6.45, 7) is 0. The third-order valence-corrected chi connectivity index (χ3v) is 9.08. The quantitative estimate of drug-likeness (QED) is 0.301. The zero-order valence-electron chi connectivity index (χ0n) is 17.2. The van der Waals surface area contributed by atoms with E-state index < -0.39 is 53.2 Å². The van der Waals surface area contributed by atoms with Crippen molar-refractivity contribution in [3.05, 3.63) is 54.2 Å². The molecule has 1 aromatic carbocycles. The minimum absolute atomic E-state index is 0.336. The molecule has 3 aromatic rings. The standard InChI is InChI=1S/C19H23N4O8PS/c24-16-14(8-33(29,30)11-32(26,27)28)31-19(17(16)25)23-10-22-15-13(20-9-21-18(15)23)7-6-12-4-2-1-3-5-12/h1-5,9-10,14,16-17,19,24-25H,6-8,11H2,(H2,26,27,28)/t14-,16-,17-,19-/m1/s1. The van der Waals surface area contributed by atoms with Crippen molar-refractivity contribution in [3.63, 3.8) is 0 Å². The fourth-order valence-electron chi connectivity index (χ4n) is 3.83. The molecule has 0 aliphatic carbocycles. The molecule has 0 amide bonds. The van der Waals surface area contributed by atoms with Gasteiger partial charge in [-0.15, -0.1) is 0 Å². The van der Waals surface area contributed by atoms with Crippen molar-refractivity contribution in [1.82, 2.24) is 19.5 Å². The van der Waals surface area contributed by atoms with E-state index in [4.69, 9.17) is 14.5 Å². The van der Waals surface area contributed by atoms with Crippen molar-refractivity contribution >= 4 is 28.6 Å². The highest BCUT2D eigenvalue weighted by Gasteiger charge is 2.46. The third kappa shape index (κ3) is 5.46. The van der Waals surface area contributed by atoms with Crippen molar-refractivity contribution in [2.75, 3.05) is 11.2 Å². The molecule has 0 spiro atoms. The number of hydrogen-bond donors (Lipinski definition) is 4. The van der Waals surface area contributed by atoms with Gasteiger partial charge >= 0.3 is 7.60 Å². The van der Waals surface area contributed by atoms with E-state index in [1.54, 1.807) is 0 Å². The highest BCUT2D eigenvalue weighted by molar-refractivity contribution is 7.97. The Labute approximate surface area is 189 Å². The van der Waals surface area contributed by atoms with Gasteiger partial charge in [0.15, 0.2) is 27.2 Å². The van der Waals surface area contributed by atoms with Gasteiger partial charge in [-0.05, 0) is 18.4 Å². The van der Waals surface area contributed by atoms with Crippen LogP contribution >= 0.6 is 7.60 Å². The molecule has 1 aliphatic heterocycles. The molecule has 0 bridgehead atoms. The number of ether oxygens (including phenoxy) is 1. The Kier molecular flexibility index (Phi) is 6.65. The van der Waals surface area contributed by atoms with Crippen LogP contribution in [0.15, 0.2) is 43.0 Å². The lowest BCUT2D eigenvalue weighted by Gasteiger charge is -2.16. The molecule has 178 valence electrons. The van der Waals surface area contributed by atoms with Crippen LogP contribution in [0.25, 0.3) is 11.2 Å². The number of aliphatic hydroxyl groups excluding tert-OH is 2. The van der Waals surface area contributed by atoms with Crippen molar-refractivity contribution in [3.8, 4) is 0 Å². The number of benzene rings is 1. The first-order valence-corrected chi connectivity index (χ1v) is 13.6. The number of rotatable bonds is 8. The van der Waals surface area contributed by atoms with Gasteiger partial charge in [0.1, 0.15) is 30.2 Å². The number of sulfone groups is 1. The summed E-state index contributed by atoms with van der Waals surface area (Å²) in [5.41, 5.74) is 1.25. The average Bonchev–Trinajstić information content (AvgIpc) is 3.28. The number of fused-ring (bicyclic) bond motifs is 1. The molecule has 4 N–H and O–H groups in total. The van der Waals surface area contributed by atoms with Crippen LogP contribution in [0.3, 0.4) is 0 Å². The van der Waals surface area contributed by atoms with Crippen molar-refractivity contribution in [2.24, 2.45) is 0 Å². The normalized spacial score (nSPS) is 23.9. The zero-order chi connectivity index (χ0) is 23.8. The van der Waals surface area contributed by atoms with Crippen LogP contribution in [0.2, 0.25) is 0 Å². The lowest BCUT2D eigenvalue weighted by atomic mass is 10.1. The Balaban J connectivity index is 1.54. The van der Waals surface area contributed by atoms with E-state index in [0.29, 0.717) is 23.3 Å². The van der Waals surface area contributed by atoms with Crippen molar-refractivity contribution in [2.45, 2.75) is 37.4 Å². The summed E-state index contributed by atoms with van der Waals surface area (Å²) in [6, 6.07) is 9.82. The second-order valence-corrected chi connectivity index (χ2v) is 12.1. The lowest BCUT2D eigenvalue weighted by Crippen LogP contribution is -2.35. The zero-order valence-corrected chi connectivity index (χ0v) is 19.0. The lowest BCUT2D eigenvalue weighted by molar-refractivity contribution is -0.0292. The van der Waals surface area contributed by atoms with E-state index in [2.05, 4.69) is 15.0 Å². The largest absolute Gasteiger partial charge is 0.387 e. The molecule has 0 radical (unpaired) electrons. The Bertz CT molecular complexity index is 1280. The van der Waals surface area contributed by atoms with Gasteiger partial charge in [0.2, 0.25) is 0 Å². The highest BCUT2D eigenvalue weighted by atomic mass is 32.2. The summed E-state index contributed by atoms with van der Waals surface area (Å²) in [5, 5.41) is 20.8. The average molecular weight is 498 g/mol. The summed E-state index contributed by atoms with van der Waals surface area (Å²) in [6.07, 6.45) is -1.69. The van der Waals surface area contributed by atoms with Gasteiger partial charge in [0, 0.05) is 0 Å². The van der Waals surface area contributed by atoms with E-state index in [1.165, 1.54) is 17.2 Å². The Morgan fingerprint density at radius 1 is 1.03 bits per heavy atom. The number of nitrogens with zero attached hydrogens (tertiary/aromatic N) is 4. The van der Waals surface area contributed by atoms with Gasteiger partial charge < -0.3 is 24.7 Å². The number of aryl methyl sites for hydroxylation is 2. The first kappa shape index (κ1) is 23.9. The van der Waals surface area contributed by atoms with E-state index in [9.17, 15) is 23.2 Å². The van der Waals surface area contributed by atoms with Crippen LogP contribution in [0.1, 0.15) is 17.5 Å². The molecule has 0 saturated carbocycles. The molecule has 12 nitrogen and oxygen atoms in total. The molecule has 33 heavy (non-hydrogen) atoms. The van der Waals surface area contributed by atoms with Crippen molar-refractivity contribution < 1.29 is 37.7 Å². The molecule has 1 saturated heterocycles. The number of aliphatic hydroxyl groups is 2. The smallest absolute Gasteiger partial charge is 0.340 e. The summed E-state index contributed by atoms with van der Waals surface area (Å²) < 4.78 is 42.2. The minimum atomic E-state index is -4.83. The van der Waals surface area contributed by atoms with Crippen LogP contribution in [-0.4, -0.2) is 77.5 Å². The third-order valence-electron chi connectivity index (χ3n) is 5.32. The molecule has 2 aromatic heterocycles. The van der Waals surface area contributed by atoms with Crippen LogP contribution in [0.5, 0.6) is 0 Å². The van der Waals surface area contributed by atoms with Gasteiger partial charge in [0.05, 0.1) is 17.8 Å². The van der Waals surface area contributed by atoms with Crippen LogP contribution in [0.4, 0.5) is 0 Å². The van der Waals surface area contributed by atoms with Crippen LogP contribution in [-0.2, 0) is 32.0 Å². The van der Waals surface area contributed by atoms with Gasteiger partial charge in [-0.25, -0.2) is 23.4 Å². The molecule has 0 unspecified atom stereocenters. The molecular weight excluding hydrogens is 475 g/mol. The van der Waals surface area contributed by atoms with E-state index in [0.717, 1.165) is 12.0 Å². The van der Waals surface area contributed by atoms with E-state index >= 15 is 0 Å². The number of imidazole rings is 1. The van der Waals surface area contributed by atoms with Gasteiger partial charge in [-0.1, -0.05) is 30.3 Å². The Hall–Kier alpha value is -2.25.